The molecule has 5 rings (SSSR count). The van der Waals surface area contributed by atoms with E-state index in [0.29, 0.717) is 11.2 Å². The molecular formula is C36H39N8NaO8S2Si. The molecule has 288 valence electrons. The fourth-order valence-electron chi connectivity index (χ4n) is 5.61. The Bertz CT molecular complexity index is 2120. The van der Waals surface area contributed by atoms with Crippen molar-refractivity contribution in [3.05, 3.63) is 129 Å². The van der Waals surface area contributed by atoms with Crippen molar-refractivity contribution >= 4 is 58.3 Å². The summed E-state index contributed by atoms with van der Waals surface area (Å²) in [4.78, 5) is 52.5. The van der Waals surface area contributed by atoms with Crippen LogP contribution in [0.25, 0.3) is 10.4 Å². The van der Waals surface area contributed by atoms with Crippen molar-refractivity contribution in [1.29, 1.82) is 0 Å². The van der Waals surface area contributed by atoms with Crippen LogP contribution in [0.15, 0.2) is 107 Å². The van der Waals surface area contributed by atoms with E-state index in [1.54, 1.807) is 0 Å². The van der Waals surface area contributed by atoms with Gasteiger partial charge in [0.05, 0.1) is 6.61 Å². The van der Waals surface area contributed by atoms with Crippen LogP contribution in [0.2, 0.25) is 25.7 Å². The minimum atomic E-state index is -5.37. The number of anilines is 1. The average molecular weight is 827 g/mol. The molecule has 1 saturated heterocycles. The van der Waals surface area contributed by atoms with Crippen molar-refractivity contribution in [1.82, 2.24) is 14.6 Å². The van der Waals surface area contributed by atoms with Gasteiger partial charge in [-0.1, -0.05) is 121 Å². The first kappa shape index (κ1) is 44.1. The Hall–Kier alpha value is -4.59. The Morgan fingerprint density at radius 1 is 0.982 bits per heavy atom. The quantitative estimate of drug-likeness (QED) is 0.0160. The summed E-state index contributed by atoms with van der Waals surface area (Å²) in [6, 6.07) is 28.0. The third kappa shape index (κ3) is 10.0. The maximum atomic E-state index is 13.9. The van der Waals surface area contributed by atoms with Crippen LogP contribution >= 0.6 is 11.3 Å². The van der Waals surface area contributed by atoms with Crippen LogP contribution in [0.4, 0.5) is 5.13 Å². The summed E-state index contributed by atoms with van der Waals surface area (Å²) in [6.07, 6.45) is -1.88. The maximum Gasteiger partial charge on any atom is 1.00 e. The second-order valence-electron chi connectivity index (χ2n) is 14.2. The normalized spacial score (nSPS) is 16.1. The SMILES string of the molecule is CC(C)(ON=C(C(=O)N[C@@H]1C(=O)N(S(=O)(=O)[O-])[C@@H]1N=[N+]=[N-])c1csc(NC(c2ccccc2)(c2ccccc2)c2ccccc2)n1)C(=O)OCC[Si](C)(C)C.[Na+]. The topological polar surface area (TPSA) is 228 Å². The van der Waals surface area contributed by atoms with E-state index >= 15 is 0 Å². The first-order valence-corrected chi connectivity index (χ1v) is 22.9. The van der Waals surface area contributed by atoms with Gasteiger partial charge in [0, 0.05) is 18.4 Å². The minimum absolute atomic E-state index is 0. The van der Waals surface area contributed by atoms with E-state index in [1.165, 1.54) is 19.2 Å². The van der Waals surface area contributed by atoms with E-state index in [0.717, 1.165) is 28.0 Å². The molecule has 0 radical (unpaired) electrons. The second kappa shape index (κ2) is 18.1. The van der Waals surface area contributed by atoms with Gasteiger partial charge in [-0.2, -0.15) is 0 Å². The average Bonchev–Trinajstić information content (AvgIpc) is 3.60. The molecule has 0 aliphatic carbocycles. The zero-order chi connectivity index (χ0) is 40.0. The Labute approximate surface area is 351 Å². The Kier molecular flexibility index (Phi) is 14.3. The molecule has 3 aromatic carbocycles. The number of azide groups is 1. The monoisotopic (exact) mass is 826 g/mol. The smallest absolute Gasteiger partial charge is 0.731 e. The number of benzene rings is 3. The van der Waals surface area contributed by atoms with Crippen LogP contribution < -0.4 is 40.2 Å². The molecule has 1 aliphatic heterocycles. The number of amides is 2. The fourth-order valence-corrected chi connectivity index (χ4v) is 7.84. The zero-order valence-electron chi connectivity index (χ0n) is 31.6. The van der Waals surface area contributed by atoms with Crippen LogP contribution in [-0.2, 0) is 39.8 Å². The number of hydrogen-bond acceptors (Lipinski definition) is 13. The fraction of sp³-hybridized carbons (Fsp3) is 0.306. The number of carbonyl (C=O) groups excluding carboxylic acids is 3. The first-order valence-electron chi connectivity index (χ1n) is 17.0. The molecule has 0 spiro atoms. The third-order valence-electron chi connectivity index (χ3n) is 8.54. The number of nitrogens with one attached hydrogen (secondary N) is 2. The van der Waals surface area contributed by atoms with Crippen LogP contribution in [0, 0.1) is 0 Å². The number of esters is 1. The first-order chi connectivity index (χ1) is 26.0. The molecule has 1 aliphatic rings. The molecule has 1 aromatic heterocycles. The van der Waals surface area contributed by atoms with Crippen molar-refractivity contribution in [3.63, 3.8) is 0 Å². The summed E-state index contributed by atoms with van der Waals surface area (Å²) in [5, 5.41) is 14.9. The van der Waals surface area contributed by atoms with E-state index in [2.05, 4.69) is 45.5 Å². The maximum absolute atomic E-state index is 13.9. The predicted octanol–water partition coefficient (Wildman–Crippen LogP) is 2.36. The second-order valence-corrected chi connectivity index (χ2v) is 21.9. The van der Waals surface area contributed by atoms with Crippen LogP contribution in [0.1, 0.15) is 36.2 Å². The molecule has 2 atom stereocenters. The van der Waals surface area contributed by atoms with Crippen molar-refractivity contribution in [2.45, 2.75) is 62.9 Å². The van der Waals surface area contributed by atoms with Gasteiger partial charge in [0.2, 0.25) is 5.60 Å². The van der Waals surface area contributed by atoms with Gasteiger partial charge in [-0.25, -0.2) is 22.5 Å². The molecule has 20 heteroatoms. The van der Waals surface area contributed by atoms with E-state index in [4.69, 9.17) is 20.1 Å². The molecule has 2 amide bonds. The van der Waals surface area contributed by atoms with Crippen LogP contribution in [0.3, 0.4) is 0 Å². The summed E-state index contributed by atoms with van der Waals surface area (Å²) >= 11 is 1.12. The van der Waals surface area contributed by atoms with Crippen LogP contribution in [0.5, 0.6) is 0 Å². The Morgan fingerprint density at radius 2 is 1.50 bits per heavy atom. The standard InChI is InChI=1S/C36H40N8O8S2Si.Na/c1-35(2,33(47)51-21-22-55(3,4)5)52-42-28(31(45)39-29-30(41-43-37)44(32(29)46)54(48,49)50)27-23-53-34(38-27)40-36(24-15-9-6-10-16-24,25-17-11-7-12-18-25)26-19-13-8-14-20-26;/h6-20,23,29-30H,21-22H2,1-5H3,(H,38,40)(H,39,45)(H,48,49,50);/q;+1/p-1/t29-,30-;/m0./s1. The minimum Gasteiger partial charge on any atom is -0.731 e. The van der Waals surface area contributed by atoms with Gasteiger partial charge < -0.3 is 24.8 Å². The van der Waals surface area contributed by atoms with E-state index in [-0.39, 0.29) is 46.2 Å². The van der Waals surface area contributed by atoms with Crippen molar-refractivity contribution in [2.24, 2.45) is 10.3 Å². The molecule has 56 heavy (non-hydrogen) atoms. The summed E-state index contributed by atoms with van der Waals surface area (Å²) in [5.41, 5.74) is 8.35. The molecule has 4 aromatic rings. The van der Waals surface area contributed by atoms with E-state index in [9.17, 15) is 27.4 Å². The number of β-lactam (4-membered cyclic amide) rings is 1. The summed E-state index contributed by atoms with van der Waals surface area (Å²) in [5.74, 6) is -3.19. The van der Waals surface area contributed by atoms with Gasteiger partial charge in [0.15, 0.2) is 27.3 Å². The Balaban J connectivity index is 0.00000696. The number of carbonyl (C=O) groups is 3. The van der Waals surface area contributed by atoms with Gasteiger partial charge in [0.25, 0.3) is 11.8 Å². The number of hydrogen-bond donors (Lipinski definition) is 2. The molecule has 0 saturated carbocycles. The molecule has 16 nitrogen and oxygen atoms in total. The predicted molar refractivity (Wildman–Crippen MR) is 207 cm³/mol. The van der Waals surface area contributed by atoms with Gasteiger partial charge >= 0.3 is 35.5 Å². The summed E-state index contributed by atoms with van der Waals surface area (Å²) in [6.45, 7) is 9.34. The zero-order valence-corrected chi connectivity index (χ0v) is 36.2. The summed E-state index contributed by atoms with van der Waals surface area (Å²) in [7, 11) is -6.91. The van der Waals surface area contributed by atoms with E-state index in [1.807, 2.05) is 91.0 Å². The summed E-state index contributed by atoms with van der Waals surface area (Å²) < 4.78 is 40.3. The van der Waals surface area contributed by atoms with Gasteiger partial charge in [-0.15, -0.1) is 11.3 Å². The number of thiazole rings is 1. The third-order valence-corrected chi connectivity index (χ3v) is 11.9. The number of aromatic nitrogens is 1. The van der Waals surface area contributed by atoms with Gasteiger partial charge in [-0.05, 0) is 42.1 Å². The molecule has 0 unspecified atom stereocenters. The molecule has 0 bridgehead atoms. The van der Waals surface area contributed by atoms with Gasteiger partial charge in [0.1, 0.15) is 17.3 Å². The Morgan fingerprint density at radius 3 is 1.96 bits per heavy atom. The number of ether oxygens (including phenoxy) is 1. The number of oxime groups is 1. The largest absolute Gasteiger partial charge is 1.00 e. The van der Waals surface area contributed by atoms with E-state index < -0.39 is 65.2 Å². The van der Waals surface area contributed by atoms with Gasteiger partial charge in [-0.3, -0.25) is 9.59 Å². The molecular weight excluding hydrogens is 788 g/mol. The van der Waals surface area contributed by atoms with Crippen molar-refractivity contribution < 1.29 is 66.5 Å². The van der Waals surface area contributed by atoms with Crippen molar-refractivity contribution in [2.75, 3.05) is 11.9 Å². The molecule has 2 heterocycles. The number of nitrogens with zero attached hydrogens (tertiary/aromatic N) is 6. The van der Waals surface area contributed by atoms with Crippen molar-refractivity contribution in [3.8, 4) is 0 Å². The van der Waals surface area contributed by atoms with Crippen LogP contribution in [-0.4, -0.2) is 78.2 Å². The number of rotatable bonds is 16. The molecule has 1 fully saturated rings. The molecule has 2 N–H and O–H groups in total.